The van der Waals surface area contributed by atoms with Gasteiger partial charge < -0.3 is 0 Å². The highest BCUT2D eigenvalue weighted by molar-refractivity contribution is 9.11. The summed E-state index contributed by atoms with van der Waals surface area (Å²) < 4.78 is 7.21. The Hall–Kier alpha value is -1.89. The molecule has 0 aliphatic carbocycles. The lowest BCUT2D eigenvalue weighted by Gasteiger charge is -2.16. The molecule has 0 radical (unpaired) electrons. The third-order valence-corrected chi connectivity index (χ3v) is 7.41. The van der Waals surface area contributed by atoms with Gasteiger partial charge >= 0.3 is 0 Å². The van der Waals surface area contributed by atoms with Gasteiger partial charge in [-0.2, -0.15) is 0 Å². The second kappa shape index (κ2) is 9.40. The summed E-state index contributed by atoms with van der Waals surface area (Å²) in [6, 6.07) is 12.9. The molecule has 0 saturated carbocycles. The highest BCUT2D eigenvalue weighted by Crippen LogP contribution is 2.36. The molecule has 0 unspecified atom stereocenters. The first-order chi connectivity index (χ1) is 15.6. The second-order valence-electron chi connectivity index (χ2n) is 8.66. The van der Waals surface area contributed by atoms with Gasteiger partial charge in [-0.3, -0.25) is 9.13 Å². The molecule has 0 aliphatic heterocycles. The van der Waals surface area contributed by atoms with Crippen molar-refractivity contribution in [2.24, 2.45) is 4.99 Å². The van der Waals surface area contributed by atoms with E-state index in [2.05, 4.69) is 135 Å². The summed E-state index contributed by atoms with van der Waals surface area (Å²) in [5, 5.41) is 0. The molecule has 0 saturated heterocycles. The minimum Gasteiger partial charge on any atom is -0.285 e. The van der Waals surface area contributed by atoms with Crippen LogP contribution in [0.15, 0.2) is 67.2 Å². The highest BCUT2D eigenvalue weighted by Gasteiger charge is 2.16. The number of halogens is 3. The minimum absolute atomic E-state index is 0.837. The van der Waals surface area contributed by atoms with E-state index in [9.17, 15) is 0 Å². The van der Waals surface area contributed by atoms with Crippen LogP contribution in [0.2, 0.25) is 0 Å². The van der Waals surface area contributed by atoms with Gasteiger partial charge in [0.05, 0.1) is 17.1 Å². The molecular formula is C27H26Br3N3. The van der Waals surface area contributed by atoms with E-state index in [-0.39, 0.29) is 0 Å². The van der Waals surface area contributed by atoms with Crippen molar-refractivity contribution in [1.82, 2.24) is 9.13 Å². The molecule has 1 aromatic heterocycles. The summed E-state index contributed by atoms with van der Waals surface area (Å²) in [7, 11) is 0. The molecule has 0 N–H and O–H groups in total. The SMILES string of the molecule is Cc1cc(C)c(-n2ccn(-c3c(C)cc(C)cc3C)c2=Nc2c(Br)cc(Br)cc2Br)c(C)c1. The molecular weight excluding hydrogens is 606 g/mol. The van der Waals surface area contributed by atoms with Gasteiger partial charge in [-0.15, -0.1) is 0 Å². The molecule has 0 bridgehead atoms. The first kappa shape index (κ1) is 24.2. The van der Waals surface area contributed by atoms with Crippen LogP contribution in [0.3, 0.4) is 0 Å². The van der Waals surface area contributed by atoms with Gasteiger partial charge in [-0.1, -0.05) is 51.3 Å². The summed E-state index contributed by atoms with van der Waals surface area (Å²) in [5.74, 6) is 0. The maximum atomic E-state index is 5.21. The Morgan fingerprint density at radius 3 is 1.30 bits per heavy atom. The smallest absolute Gasteiger partial charge is 0.219 e. The maximum Gasteiger partial charge on any atom is 0.219 e. The number of hydrogen-bond acceptors (Lipinski definition) is 1. The van der Waals surface area contributed by atoms with E-state index >= 15 is 0 Å². The molecule has 170 valence electrons. The lowest BCUT2D eigenvalue weighted by molar-refractivity contribution is 0.847. The first-order valence-electron chi connectivity index (χ1n) is 10.7. The number of nitrogens with zero attached hydrogens (tertiary/aromatic N) is 3. The van der Waals surface area contributed by atoms with Crippen LogP contribution in [-0.2, 0) is 0 Å². The van der Waals surface area contributed by atoms with E-state index in [4.69, 9.17) is 4.99 Å². The van der Waals surface area contributed by atoms with Gasteiger partial charge in [0.25, 0.3) is 0 Å². The predicted octanol–water partition coefficient (Wildman–Crippen LogP) is 8.64. The highest BCUT2D eigenvalue weighted by atomic mass is 79.9. The molecule has 3 aromatic carbocycles. The van der Waals surface area contributed by atoms with E-state index in [1.165, 1.54) is 33.4 Å². The average Bonchev–Trinajstić information content (AvgIpc) is 3.06. The summed E-state index contributed by atoms with van der Waals surface area (Å²) in [6.45, 7) is 12.9. The third-order valence-electron chi connectivity index (χ3n) is 5.74. The molecule has 1 heterocycles. The Labute approximate surface area is 220 Å². The van der Waals surface area contributed by atoms with Crippen molar-refractivity contribution in [1.29, 1.82) is 0 Å². The number of aromatic nitrogens is 2. The Morgan fingerprint density at radius 2 is 0.939 bits per heavy atom. The fraction of sp³-hybridized carbons (Fsp3) is 0.222. The topological polar surface area (TPSA) is 22.2 Å². The zero-order valence-electron chi connectivity index (χ0n) is 19.6. The van der Waals surface area contributed by atoms with Crippen LogP contribution in [0.4, 0.5) is 5.69 Å². The minimum atomic E-state index is 0.837. The summed E-state index contributed by atoms with van der Waals surface area (Å²) in [4.78, 5) is 5.21. The predicted molar refractivity (Wildman–Crippen MR) is 148 cm³/mol. The second-order valence-corrected chi connectivity index (χ2v) is 11.3. The molecule has 0 spiro atoms. The molecule has 0 amide bonds. The zero-order chi connectivity index (χ0) is 24.0. The maximum absolute atomic E-state index is 5.21. The van der Waals surface area contributed by atoms with Crippen LogP contribution in [0, 0.1) is 41.5 Å². The molecule has 33 heavy (non-hydrogen) atoms. The Balaban J connectivity index is 2.13. The van der Waals surface area contributed by atoms with Gasteiger partial charge in [-0.05, 0) is 108 Å². The molecule has 0 fully saturated rings. The Morgan fingerprint density at radius 1 is 0.576 bits per heavy atom. The van der Waals surface area contributed by atoms with Crippen molar-refractivity contribution in [3.05, 3.63) is 101 Å². The van der Waals surface area contributed by atoms with Gasteiger partial charge in [0, 0.05) is 25.8 Å². The number of benzene rings is 3. The largest absolute Gasteiger partial charge is 0.285 e. The van der Waals surface area contributed by atoms with Crippen LogP contribution in [-0.4, -0.2) is 9.13 Å². The average molecular weight is 632 g/mol. The zero-order valence-corrected chi connectivity index (χ0v) is 24.4. The molecule has 0 aliphatic rings. The Bertz CT molecular complexity index is 1310. The molecule has 3 nitrogen and oxygen atoms in total. The normalized spacial score (nSPS) is 11.2. The number of imidazole rings is 1. The first-order valence-corrected chi connectivity index (χ1v) is 13.1. The van der Waals surface area contributed by atoms with Crippen molar-refractivity contribution < 1.29 is 0 Å². The van der Waals surface area contributed by atoms with E-state index in [1.807, 2.05) is 12.1 Å². The number of rotatable bonds is 3. The lowest BCUT2D eigenvalue weighted by atomic mass is 10.0. The molecule has 6 heteroatoms. The van der Waals surface area contributed by atoms with E-state index in [1.54, 1.807) is 0 Å². The molecule has 4 aromatic rings. The van der Waals surface area contributed by atoms with Gasteiger partial charge in [-0.25, -0.2) is 4.99 Å². The van der Waals surface area contributed by atoms with Gasteiger partial charge in [0.1, 0.15) is 0 Å². The van der Waals surface area contributed by atoms with E-state index in [0.717, 1.165) is 36.1 Å². The van der Waals surface area contributed by atoms with Crippen molar-refractivity contribution in [3.63, 3.8) is 0 Å². The summed E-state index contributed by atoms with van der Waals surface area (Å²) >= 11 is 11.0. The fourth-order valence-corrected chi connectivity index (χ4v) is 7.12. The Kier molecular flexibility index (Phi) is 6.90. The van der Waals surface area contributed by atoms with Crippen LogP contribution >= 0.6 is 47.8 Å². The van der Waals surface area contributed by atoms with Gasteiger partial charge in [0.15, 0.2) is 0 Å². The van der Waals surface area contributed by atoms with Crippen LogP contribution in [0.25, 0.3) is 11.4 Å². The number of aryl methyl sites for hydroxylation is 6. The van der Waals surface area contributed by atoms with Crippen molar-refractivity contribution in [2.75, 3.05) is 0 Å². The van der Waals surface area contributed by atoms with Crippen molar-refractivity contribution >= 4 is 53.5 Å². The molecule has 4 rings (SSSR count). The summed E-state index contributed by atoms with van der Waals surface area (Å²) in [5.41, 5.74) is 11.4. The quantitative estimate of drug-likeness (QED) is 0.216. The van der Waals surface area contributed by atoms with Crippen LogP contribution in [0.1, 0.15) is 33.4 Å². The molecule has 0 atom stereocenters. The number of hydrogen-bond donors (Lipinski definition) is 0. The van der Waals surface area contributed by atoms with Crippen molar-refractivity contribution in [3.8, 4) is 11.4 Å². The van der Waals surface area contributed by atoms with Crippen LogP contribution < -0.4 is 5.62 Å². The standard InChI is InChI=1S/C27H26Br3N3/c1-15-9-17(3)25(18(4)10-15)32-7-8-33(26-19(5)11-16(2)12-20(26)6)27(32)31-24-22(29)13-21(28)14-23(24)30/h7-14H,1-6H3. The lowest BCUT2D eigenvalue weighted by Crippen LogP contribution is -2.25. The fourth-order valence-electron chi connectivity index (χ4n) is 4.69. The van der Waals surface area contributed by atoms with E-state index < -0.39 is 0 Å². The van der Waals surface area contributed by atoms with E-state index in [0.29, 0.717) is 0 Å². The summed E-state index contributed by atoms with van der Waals surface area (Å²) in [6.07, 6.45) is 4.23. The van der Waals surface area contributed by atoms with Crippen LogP contribution in [0.5, 0.6) is 0 Å². The van der Waals surface area contributed by atoms with Crippen molar-refractivity contribution in [2.45, 2.75) is 41.5 Å². The monoisotopic (exact) mass is 629 g/mol. The third kappa shape index (κ3) is 4.71. The van der Waals surface area contributed by atoms with Gasteiger partial charge in [0.2, 0.25) is 5.62 Å².